The van der Waals surface area contributed by atoms with E-state index in [1.54, 1.807) is 5.06 Å². The summed E-state index contributed by atoms with van der Waals surface area (Å²) >= 11 is 0. The number of nitrogens with two attached hydrogens (primary N) is 1. The fourth-order valence-corrected chi connectivity index (χ4v) is 2.06. The Labute approximate surface area is 123 Å². The van der Waals surface area contributed by atoms with Gasteiger partial charge >= 0.3 is 0 Å². The van der Waals surface area contributed by atoms with Gasteiger partial charge in [0.2, 0.25) is 5.95 Å². The fourth-order valence-electron chi connectivity index (χ4n) is 2.06. The second kappa shape index (κ2) is 7.28. The summed E-state index contributed by atoms with van der Waals surface area (Å²) in [5.41, 5.74) is 5.99. The van der Waals surface area contributed by atoms with E-state index >= 15 is 0 Å². The van der Waals surface area contributed by atoms with Gasteiger partial charge in [0.25, 0.3) is 5.56 Å². The molecule has 0 bridgehead atoms. The smallest absolute Gasteiger partial charge is 0.282 e. The third-order valence-corrected chi connectivity index (χ3v) is 3.23. The molecule has 118 valence electrons. The van der Waals surface area contributed by atoms with Crippen molar-refractivity contribution in [2.45, 2.75) is 39.8 Å². The van der Waals surface area contributed by atoms with Gasteiger partial charge in [0.05, 0.1) is 6.61 Å². The van der Waals surface area contributed by atoms with Gasteiger partial charge in [-0.1, -0.05) is 19.8 Å². The number of nitrogen functional groups attached to an aromatic ring is 1. The summed E-state index contributed by atoms with van der Waals surface area (Å²) < 4.78 is 6.53. The van der Waals surface area contributed by atoms with Crippen molar-refractivity contribution in [3.63, 3.8) is 0 Å². The normalized spacial score (nSPS) is 13.3. The quantitative estimate of drug-likeness (QED) is 0.694. The molecule has 1 aromatic heterocycles. The minimum atomic E-state index is -0.245. The van der Waals surface area contributed by atoms with Crippen molar-refractivity contribution < 1.29 is 9.57 Å². The maximum absolute atomic E-state index is 12.3. The van der Waals surface area contributed by atoms with Gasteiger partial charge in [-0.2, -0.15) is 4.98 Å². The van der Waals surface area contributed by atoms with E-state index in [1.807, 2.05) is 6.92 Å². The molecule has 1 aliphatic rings. The Hall–Kier alpha value is -1.80. The topological polar surface area (TPSA) is 94.6 Å². The number of aromatic nitrogens is 2. The van der Waals surface area contributed by atoms with Gasteiger partial charge in [0.1, 0.15) is 19.1 Å². The van der Waals surface area contributed by atoms with Crippen molar-refractivity contribution in [3.8, 4) is 0 Å². The number of hydrogen-bond donors (Lipinski definition) is 2. The van der Waals surface area contributed by atoms with E-state index in [-0.39, 0.29) is 18.2 Å². The Morgan fingerprint density at radius 3 is 2.90 bits per heavy atom. The van der Waals surface area contributed by atoms with Crippen LogP contribution in [0.4, 0.5) is 17.5 Å². The second-order valence-corrected chi connectivity index (χ2v) is 4.78. The number of hydrogen-bond acceptors (Lipinski definition) is 7. The highest BCUT2D eigenvalue weighted by atomic mass is 16.7. The number of fused-ring (bicyclic) bond motifs is 1. The summed E-state index contributed by atoms with van der Waals surface area (Å²) in [7, 11) is 0. The minimum absolute atomic E-state index is 0.0977. The summed E-state index contributed by atoms with van der Waals surface area (Å²) in [6, 6.07) is 0. The van der Waals surface area contributed by atoms with Crippen LogP contribution < -0.4 is 21.7 Å². The number of anilines is 3. The summed E-state index contributed by atoms with van der Waals surface area (Å²) in [6.45, 7) is 5.58. The first-order valence-electron chi connectivity index (χ1n) is 7.31. The Morgan fingerprint density at radius 2 is 2.19 bits per heavy atom. The van der Waals surface area contributed by atoms with Crippen LogP contribution in [0, 0.1) is 0 Å². The molecule has 21 heavy (non-hydrogen) atoms. The lowest BCUT2D eigenvalue weighted by molar-refractivity contribution is 0.0862. The Morgan fingerprint density at radius 1 is 1.38 bits per heavy atom. The first-order valence-corrected chi connectivity index (χ1v) is 7.31. The predicted octanol–water partition coefficient (Wildman–Crippen LogP) is 1.13. The van der Waals surface area contributed by atoms with Crippen molar-refractivity contribution in [1.29, 1.82) is 0 Å². The minimum Gasteiger partial charge on any atom is -0.369 e. The largest absolute Gasteiger partial charge is 0.369 e. The molecule has 0 saturated heterocycles. The van der Waals surface area contributed by atoms with Crippen LogP contribution in [0.2, 0.25) is 0 Å². The first-order chi connectivity index (χ1) is 10.2. The van der Waals surface area contributed by atoms with Crippen LogP contribution in [0.1, 0.15) is 33.1 Å². The fraction of sp³-hybridized carbons (Fsp3) is 0.692. The van der Waals surface area contributed by atoms with Crippen molar-refractivity contribution in [1.82, 2.24) is 9.55 Å². The maximum Gasteiger partial charge on any atom is 0.282 e. The number of unbranched alkanes of at least 4 members (excludes halogenated alkanes) is 2. The van der Waals surface area contributed by atoms with Gasteiger partial charge < -0.3 is 15.8 Å². The lowest BCUT2D eigenvalue weighted by Gasteiger charge is -2.17. The van der Waals surface area contributed by atoms with Gasteiger partial charge in [-0.15, -0.1) is 0 Å². The summed E-state index contributed by atoms with van der Waals surface area (Å²) in [4.78, 5) is 22.2. The third-order valence-electron chi connectivity index (χ3n) is 3.23. The molecule has 0 atom stereocenters. The van der Waals surface area contributed by atoms with Gasteiger partial charge in [-0.25, -0.2) is 5.06 Å². The summed E-state index contributed by atoms with van der Waals surface area (Å²) in [5.74, 6) is 0.569. The lowest BCUT2D eigenvalue weighted by atomic mass is 10.3. The average Bonchev–Trinajstić information content (AvgIpc) is 2.87. The van der Waals surface area contributed by atoms with E-state index in [0.717, 1.165) is 19.3 Å². The van der Waals surface area contributed by atoms with Crippen molar-refractivity contribution in [3.05, 3.63) is 10.4 Å². The van der Waals surface area contributed by atoms with Crippen molar-refractivity contribution in [2.75, 3.05) is 36.0 Å². The van der Waals surface area contributed by atoms with Crippen LogP contribution in [0.15, 0.2) is 4.79 Å². The molecule has 0 aromatic carbocycles. The molecular formula is C13H23N5O3. The Bertz CT molecular complexity index is 531. The lowest BCUT2D eigenvalue weighted by Crippen LogP contribution is -2.27. The van der Waals surface area contributed by atoms with Crippen LogP contribution in [-0.4, -0.2) is 29.4 Å². The summed E-state index contributed by atoms with van der Waals surface area (Å²) in [6.07, 6.45) is 3.21. The molecule has 0 aliphatic carbocycles. The highest BCUT2D eigenvalue weighted by Gasteiger charge is 2.26. The molecule has 1 aromatic rings. The van der Waals surface area contributed by atoms with Gasteiger partial charge in [0, 0.05) is 6.61 Å². The number of nitrogens with one attached hydrogen (secondary N) is 1. The first kappa shape index (κ1) is 15.6. The van der Waals surface area contributed by atoms with Crippen LogP contribution in [0.5, 0.6) is 0 Å². The van der Waals surface area contributed by atoms with Crippen LogP contribution in [-0.2, 0) is 16.3 Å². The highest BCUT2D eigenvalue weighted by Crippen LogP contribution is 2.26. The van der Waals surface area contributed by atoms with E-state index in [0.29, 0.717) is 31.4 Å². The second-order valence-electron chi connectivity index (χ2n) is 4.78. The molecule has 8 heteroatoms. The zero-order valence-electron chi connectivity index (χ0n) is 12.6. The molecule has 0 radical (unpaired) electrons. The van der Waals surface area contributed by atoms with Crippen molar-refractivity contribution >= 4 is 17.5 Å². The van der Waals surface area contributed by atoms with E-state index in [4.69, 9.17) is 15.3 Å². The van der Waals surface area contributed by atoms with E-state index < -0.39 is 0 Å². The van der Waals surface area contributed by atoms with Gasteiger partial charge in [-0.05, 0) is 13.3 Å². The standard InChI is InChI=1S/C13H23N5O3/c1-3-5-6-7-21-18-8-15-10-11(18)16-13(14)17(12(10)19)9-20-4-2/h15H,3-9H2,1-2H3,(H2,14,16). The van der Waals surface area contributed by atoms with E-state index in [2.05, 4.69) is 17.2 Å². The van der Waals surface area contributed by atoms with E-state index in [9.17, 15) is 4.79 Å². The molecule has 0 fully saturated rings. The molecule has 8 nitrogen and oxygen atoms in total. The molecule has 0 amide bonds. The Balaban J connectivity index is 2.12. The molecule has 1 aliphatic heterocycles. The van der Waals surface area contributed by atoms with Crippen molar-refractivity contribution in [2.24, 2.45) is 0 Å². The number of rotatable bonds is 8. The van der Waals surface area contributed by atoms with Crippen LogP contribution >= 0.6 is 0 Å². The average molecular weight is 297 g/mol. The monoisotopic (exact) mass is 297 g/mol. The summed E-state index contributed by atoms with van der Waals surface area (Å²) in [5, 5.41) is 4.57. The van der Waals surface area contributed by atoms with E-state index in [1.165, 1.54) is 4.57 Å². The molecule has 2 rings (SSSR count). The highest BCUT2D eigenvalue weighted by molar-refractivity contribution is 5.69. The molecule has 0 spiro atoms. The number of nitrogens with zero attached hydrogens (tertiary/aromatic N) is 3. The molecular weight excluding hydrogens is 274 g/mol. The molecule has 0 saturated carbocycles. The van der Waals surface area contributed by atoms with Crippen LogP contribution in [0.25, 0.3) is 0 Å². The molecule has 2 heterocycles. The maximum atomic E-state index is 12.3. The van der Waals surface area contributed by atoms with Gasteiger partial charge in [-0.3, -0.25) is 14.2 Å². The predicted molar refractivity (Wildman–Crippen MR) is 81.0 cm³/mol. The SMILES string of the molecule is CCCCCON1CNc2c1nc(N)n(COCC)c2=O. The zero-order chi connectivity index (χ0) is 15.2. The number of hydroxylamine groups is 1. The molecule has 0 unspecified atom stereocenters. The Kier molecular flexibility index (Phi) is 5.40. The zero-order valence-corrected chi connectivity index (χ0v) is 12.6. The number of ether oxygens (including phenoxy) is 1. The van der Waals surface area contributed by atoms with Gasteiger partial charge in [0.15, 0.2) is 5.82 Å². The molecule has 3 N–H and O–H groups in total. The third kappa shape index (κ3) is 3.45. The van der Waals surface area contributed by atoms with Crippen LogP contribution in [0.3, 0.4) is 0 Å².